The number of anilines is 1. The van der Waals surface area contributed by atoms with Gasteiger partial charge in [-0.3, -0.25) is 0 Å². The Hall–Kier alpha value is -0.640. The average molecular weight is 335 g/mol. The van der Waals surface area contributed by atoms with Gasteiger partial charge in [0.1, 0.15) is 6.10 Å². The third-order valence-corrected chi connectivity index (χ3v) is 4.75. The Morgan fingerprint density at radius 3 is 2.37 bits per heavy atom. The molecular weight excluding hydrogens is 328 g/mol. The lowest BCUT2D eigenvalue weighted by Gasteiger charge is -2.13. The van der Waals surface area contributed by atoms with Gasteiger partial charge >= 0.3 is 0 Å². The lowest BCUT2D eigenvalue weighted by Crippen LogP contribution is -1.99. The first kappa shape index (κ1) is 13.3. The van der Waals surface area contributed by atoms with E-state index < -0.39 is 6.10 Å². The van der Waals surface area contributed by atoms with Crippen LogP contribution in [-0.4, -0.2) is 5.11 Å². The fourth-order valence-electron chi connectivity index (χ4n) is 2.36. The molecule has 3 N–H and O–H groups in total. The summed E-state index contributed by atoms with van der Waals surface area (Å²) in [5.74, 6) is 0. The lowest BCUT2D eigenvalue weighted by atomic mass is 10.1. The van der Waals surface area contributed by atoms with Crippen molar-refractivity contribution in [2.24, 2.45) is 0 Å². The predicted molar refractivity (Wildman–Crippen MR) is 80.4 cm³/mol. The number of aliphatic hydroxyl groups excluding tert-OH is 1. The van der Waals surface area contributed by atoms with Crippen LogP contribution >= 0.6 is 46.4 Å². The predicted octanol–water partition coefficient (Wildman–Crippen LogP) is 4.94. The first-order valence-electron chi connectivity index (χ1n) is 5.37. The summed E-state index contributed by atoms with van der Waals surface area (Å²) < 4.78 is 0. The van der Waals surface area contributed by atoms with Crippen LogP contribution in [0.1, 0.15) is 17.2 Å². The first-order valence-corrected chi connectivity index (χ1v) is 6.88. The van der Waals surface area contributed by atoms with E-state index in [9.17, 15) is 5.11 Å². The summed E-state index contributed by atoms with van der Waals surface area (Å²) >= 11 is 24.4. The summed E-state index contributed by atoms with van der Waals surface area (Å²) in [6.07, 6.45) is -0.909. The Bertz CT molecular complexity index is 715. The van der Waals surface area contributed by atoms with Crippen LogP contribution in [0, 0.1) is 0 Å². The van der Waals surface area contributed by atoms with E-state index in [2.05, 4.69) is 0 Å². The van der Waals surface area contributed by atoms with E-state index in [0.717, 1.165) is 5.56 Å². The molecule has 19 heavy (non-hydrogen) atoms. The second kappa shape index (κ2) is 4.44. The molecule has 0 aliphatic heterocycles. The van der Waals surface area contributed by atoms with Crippen LogP contribution in [-0.2, 0) is 0 Å². The van der Waals surface area contributed by atoms with Gasteiger partial charge in [0.15, 0.2) is 0 Å². The van der Waals surface area contributed by atoms with Crippen molar-refractivity contribution < 1.29 is 5.11 Å². The average Bonchev–Trinajstić information content (AvgIpc) is 2.67. The zero-order valence-corrected chi connectivity index (χ0v) is 12.4. The van der Waals surface area contributed by atoms with Gasteiger partial charge in [-0.05, 0) is 23.3 Å². The molecule has 1 aliphatic rings. The Morgan fingerprint density at radius 2 is 1.68 bits per heavy atom. The minimum absolute atomic E-state index is 0.171. The summed E-state index contributed by atoms with van der Waals surface area (Å²) in [6.45, 7) is 0. The van der Waals surface area contributed by atoms with Crippen molar-refractivity contribution in [1.82, 2.24) is 0 Å². The Labute approximate surface area is 129 Å². The third kappa shape index (κ3) is 1.75. The highest BCUT2D eigenvalue weighted by Crippen LogP contribution is 2.54. The number of nitrogens with two attached hydrogens (primary N) is 1. The maximum atomic E-state index is 10.4. The molecule has 98 valence electrons. The molecule has 0 heterocycles. The fourth-order valence-corrected chi connectivity index (χ4v) is 3.38. The van der Waals surface area contributed by atoms with Crippen LogP contribution < -0.4 is 5.73 Å². The Morgan fingerprint density at radius 1 is 1.00 bits per heavy atom. The van der Waals surface area contributed by atoms with E-state index in [0.29, 0.717) is 26.7 Å². The van der Waals surface area contributed by atoms with Gasteiger partial charge in [0.05, 0.1) is 20.8 Å². The molecule has 0 radical (unpaired) electrons. The monoisotopic (exact) mass is 333 g/mol. The molecule has 1 unspecified atom stereocenters. The van der Waals surface area contributed by atoms with Gasteiger partial charge in [0, 0.05) is 16.1 Å². The minimum atomic E-state index is -0.909. The maximum absolute atomic E-state index is 10.4. The van der Waals surface area contributed by atoms with Crippen molar-refractivity contribution in [3.05, 3.63) is 49.4 Å². The summed E-state index contributed by atoms with van der Waals surface area (Å²) in [5, 5.41) is 11.6. The molecule has 0 bridgehead atoms. The molecule has 3 rings (SSSR count). The molecular formula is C13H7Cl4NO. The molecule has 0 amide bonds. The van der Waals surface area contributed by atoms with Crippen molar-refractivity contribution in [1.29, 1.82) is 0 Å². The molecule has 1 aliphatic carbocycles. The highest BCUT2D eigenvalue weighted by atomic mass is 35.5. The van der Waals surface area contributed by atoms with Crippen LogP contribution in [0.15, 0.2) is 18.2 Å². The summed E-state index contributed by atoms with van der Waals surface area (Å²) in [7, 11) is 0. The van der Waals surface area contributed by atoms with Gasteiger partial charge in [0.25, 0.3) is 0 Å². The topological polar surface area (TPSA) is 46.2 Å². The number of halogens is 4. The smallest absolute Gasteiger partial charge is 0.107 e. The minimum Gasteiger partial charge on any atom is -0.396 e. The van der Waals surface area contributed by atoms with Gasteiger partial charge in [-0.15, -0.1) is 0 Å². The number of hydrogen-bond acceptors (Lipinski definition) is 2. The number of rotatable bonds is 0. The van der Waals surface area contributed by atoms with Gasteiger partial charge in [-0.2, -0.15) is 0 Å². The number of benzene rings is 2. The molecule has 0 saturated carbocycles. The second-order valence-corrected chi connectivity index (χ2v) is 5.85. The lowest BCUT2D eigenvalue weighted by molar-refractivity contribution is 0.225. The molecule has 0 fully saturated rings. The van der Waals surface area contributed by atoms with E-state index in [1.807, 2.05) is 0 Å². The third-order valence-electron chi connectivity index (χ3n) is 3.24. The highest BCUT2D eigenvalue weighted by Gasteiger charge is 2.34. The standard InChI is InChI=1S/C13H7Cl4NO/c14-4-1-2-5-6(3-4)13(19)8-7(5)9(15)11(17)12(18)10(8)16/h1-3,13,19H,18H2. The zero-order chi connectivity index (χ0) is 13.9. The Balaban J connectivity index is 2.44. The summed E-state index contributed by atoms with van der Waals surface area (Å²) in [5.41, 5.74) is 8.47. The number of aliphatic hydroxyl groups is 1. The number of fused-ring (bicyclic) bond motifs is 3. The normalized spacial score (nSPS) is 16.4. The van der Waals surface area contributed by atoms with E-state index in [-0.39, 0.29) is 15.7 Å². The molecule has 6 heteroatoms. The van der Waals surface area contributed by atoms with Crippen LogP contribution in [0.3, 0.4) is 0 Å². The molecule has 0 aromatic heterocycles. The van der Waals surface area contributed by atoms with E-state index in [1.165, 1.54) is 0 Å². The summed E-state index contributed by atoms with van der Waals surface area (Å²) in [4.78, 5) is 0. The van der Waals surface area contributed by atoms with Gasteiger partial charge < -0.3 is 10.8 Å². The molecule has 0 spiro atoms. The van der Waals surface area contributed by atoms with Gasteiger partial charge in [-0.1, -0.05) is 52.5 Å². The molecule has 2 nitrogen and oxygen atoms in total. The Kier molecular flexibility index (Phi) is 3.12. The molecule has 2 aromatic rings. The fraction of sp³-hybridized carbons (Fsp3) is 0.0769. The largest absolute Gasteiger partial charge is 0.396 e. The van der Waals surface area contributed by atoms with Crippen molar-refractivity contribution in [2.75, 3.05) is 5.73 Å². The quantitative estimate of drug-likeness (QED) is 0.529. The van der Waals surface area contributed by atoms with E-state index >= 15 is 0 Å². The van der Waals surface area contributed by atoms with Crippen LogP contribution in [0.5, 0.6) is 0 Å². The van der Waals surface area contributed by atoms with E-state index in [1.54, 1.807) is 18.2 Å². The molecule has 0 saturated heterocycles. The van der Waals surface area contributed by atoms with Crippen molar-refractivity contribution in [3.63, 3.8) is 0 Å². The number of hydrogen-bond donors (Lipinski definition) is 2. The zero-order valence-electron chi connectivity index (χ0n) is 9.35. The molecule has 1 atom stereocenters. The first-order chi connectivity index (χ1) is 8.93. The van der Waals surface area contributed by atoms with Crippen molar-refractivity contribution in [2.45, 2.75) is 6.10 Å². The maximum Gasteiger partial charge on any atom is 0.107 e. The van der Waals surface area contributed by atoms with Gasteiger partial charge in [-0.25, -0.2) is 0 Å². The number of nitrogen functional groups attached to an aromatic ring is 1. The van der Waals surface area contributed by atoms with Gasteiger partial charge in [0.2, 0.25) is 0 Å². The van der Waals surface area contributed by atoms with Crippen molar-refractivity contribution >= 4 is 52.1 Å². The second-order valence-electron chi connectivity index (χ2n) is 4.28. The van der Waals surface area contributed by atoms with E-state index in [4.69, 9.17) is 52.1 Å². The van der Waals surface area contributed by atoms with Crippen LogP contribution in [0.2, 0.25) is 20.1 Å². The van der Waals surface area contributed by atoms with Crippen LogP contribution in [0.4, 0.5) is 5.69 Å². The summed E-state index contributed by atoms with van der Waals surface area (Å²) in [6, 6.07) is 5.18. The highest BCUT2D eigenvalue weighted by molar-refractivity contribution is 6.48. The SMILES string of the molecule is Nc1c(Cl)c(Cl)c2c(c1Cl)C(O)c1cc(Cl)ccc1-2. The molecule has 2 aromatic carbocycles. The van der Waals surface area contributed by atoms with Crippen molar-refractivity contribution in [3.8, 4) is 11.1 Å². The van der Waals surface area contributed by atoms with Crippen LogP contribution in [0.25, 0.3) is 11.1 Å².